The van der Waals surface area contributed by atoms with Crippen LogP contribution in [0.15, 0.2) is 54.2 Å². The number of rotatable bonds is 8. The molecule has 46 heavy (non-hydrogen) atoms. The molecule has 1 aliphatic carbocycles. The van der Waals surface area contributed by atoms with Crippen LogP contribution in [0.1, 0.15) is 47.6 Å². The summed E-state index contributed by atoms with van der Waals surface area (Å²) in [5.41, 5.74) is 3.31. The van der Waals surface area contributed by atoms with Gasteiger partial charge in [0, 0.05) is 23.1 Å². The van der Waals surface area contributed by atoms with Gasteiger partial charge in [-0.25, -0.2) is 27.5 Å². The summed E-state index contributed by atoms with van der Waals surface area (Å²) in [7, 11) is 0. The molecule has 6 aromatic rings. The van der Waals surface area contributed by atoms with Crippen LogP contribution in [0.25, 0.3) is 32.4 Å². The highest BCUT2D eigenvalue weighted by Crippen LogP contribution is 2.48. The van der Waals surface area contributed by atoms with Crippen molar-refractivity contribution in [3.8, 4) is 11.1 Å². The molecule has 0 radical (unpaired) electrons. The summed E-state index contributed by atoms with van der Waals surface area (Å²) in [4.78, 5) is 22.7. The van der Waals surface area contributed by atoms with Gasteiger partial charge in [-0.2, -0.15) is 19.0 Å². The SMILES string of the molecule is CC1Cc2c(C(F)F)nn(CC(=O)NC(Cc3cc(F)cc(F)c3)c3nc4cn[nH]c4cc3-c3ccc4scnc4c3)c2C1(F)F. The lowest BCUT2D eigenvalue weighted by Gasteiger charge is -2.23. The van der Waals surface area contributed by atoms with E-state index in [4.69, 9.17) is 4.98 Å². The number of nitrogens with one attached hydrogen (secondary N) is 2. The Morgan fingerprint density at radius 1 is 1.11 bits per heavy atom. The molecule has 1 aliphatic rings. The second kappa shape index (κ2) is 11.2. The molecule has 8 nitrogen and oxygen atoms in total. The van der Waals surface area contributed by atoms with Crippen molar-refractivity contribution >= 4 is 38.5 Å². The summed E-state index contributed by atoms with van der Waals surface area (Å²) in [5, 5.41) is 13.4. The molecule has 236 valence electrons. The van der Waals surface area contributed by atoms with Crippen molar-refractivity contribution in [2.24, 2.45) is 5.92 Å². The zero-order chi connectivity index (χ0) is 32.3. The topological polar surface area (TPSA) is 101 Å². The molecule has 2 aromatic carbocycles. The number of benzene rings is 2. The zero-order valence-corrected chi connectivity index (χ0v) is 24.7. The summed E-state index contributed by atoms with van der Waals surface area (Å²) >= 11 is 1.45. The monoisotopic (exact) mass is 655 g/mol. The van der Waals surface area contributed by atoms with Gasteiger partial charge in [0.05, 0.1) is 39.2 Å². The number of hydrogen-bond donors (Lipinski definition) is 2. The van der Waals surface area contributed by atoms with Gasteiger partial charge >= 0.3 is 0 Å². The third kappa shape index (κ3) is 5.27. The highest BCUT2D eigenvalue weighted by molar-refractivity contribution is 7.16. The van der Waals surface area contributed by atoms with Crippen LogP contribution in [0.4, 0.5) is 26.3 Å². The number of carbonyl (C=O) groups is 1. The van der Waals surface area contributed by atoms with Crippen LogP contribution in [0.5, 0.6) is 0 Å². The van der Waals surface area contributed by atoms with E-state index in [9.17, 15) is 22.4 Å². The summed E-state index contributed by atoms with van der Waals surface area (Å²) in [6.07, 6.45) is -2.11. The van der Waals surface area contributed by atoms with Gasteiger partial charge in [-0.1, -0.05) is 13.0 Å². The third-order valence-corrected chi connectivity index (χ3v) is 8.96. The Balaban J connectivity index is 1.31. The fourth-order valence-electron chi connectivity index (χ4n) is 6.02. The van der Waals surface area contributed by atoms with Gasteiger partial charge in [0.15, 0.2) is 0 Å². The molecule has 1 amide bonds. The Kier molecular flexibility index (Phi) is 7.30. The van der Waals surface area contributed by atoms with Crippen molar-refractivity contribution in [1.82, 2.24) is 35.3 Å². The van der Waals surface area contributed by atoms with Gasteiger partial charge in [-0.15, -0.1) is 11.3 Å². The fourth-order valence-corrected chi connectivity index (χ4v) is 6.68. The highest BCUT2D eigenvalue weighted by Gasteiger charge is 2.51. The minimum atomic E-state index is -3.48. The van der Waals surface area contributed by atoms with Crippen molar-refractivity contribution < 1.29 is 31.1 Å². The average Bonchev–Trinajstić information content (AvgIpc) is 3.76. The second-order valence-corrected chi connectivity index (χ2v) is 12.1. The molecule has 4 aromatic heterocycles. The van der Waals surface area contributed by atoms with Crippen molar-refractivity contribution in [1.29, 1.82) is 0 Å². The molecule has 0 aliphatic heterocycles. The second-order valence-electron chi connectivity index (χ2n) is 11.3. The molecule has 0 spiro atoms. The van der Waals surface area contributed by atoms with E-state index in [0.717, 1.165) is 16.8 Å². The van der Waals surface area contributed by atoms with Gasteiger partial charge < -0.3 is 5.32 Å². The first-order valence-electron chi connectivity index (χ1n) is 14.2. The lowest BCUT2D eigenvalue weighted by atomic mass is 9.94. The molecule has 0 fully saturated rings. The number of aromatic nitrogens is 6. The molecule has 2 atom stereocenters. The first-order valence-corrected chi connectivity index (χ1v) is 15.0. The van der Waals surface area contributed by atoms with Gasteiger partial charge in [-0.3, -0.25) is 14.6 Å². The summed E-state index contributed by atoms with van der Waals surface area (Å²) in [6.45, 7) is 0.440. The number of alkyl halides is 4. The largest absolute Gasteiger partial charge is 0.346 e. The van der Waals surface area contributed by atoms with Gasteiger partial charge in [-0.05, 0) is 54.3 Å². The minimum Gasteiger partial charge on any atom is -0.346 e. The zero-order valence-electron chi connectivity index (χ0n) is 23.9. The first kappa shape index (κ1) is 29.9. The van der Waals surface area contributed by atoms with E-state index in [1.807, 2.05) is 18.2 Å². The predicted octanol–water partition coefficient (Wildman–Crippen LogP) is 7.03. The molecular formula is C31H23F6N7OS. The van der Waals surface area contributed by atoms with Crippen molar-refractivity contribution in [3.63, 3.8) is 0 Å². The molecule has 0 saturated carbocycles. The van der Waals surface area contributed by atoms with Crippen LogP contribution in [0.3, 0.4) is 0 Å². The molecule has 0 saturated heterocycles. The number of carbonyl (C=O) groups excluding carboxylic acids is 1. The molecular weight excluding hydrogens is 632 g/mol. The van der Waals surface area contributed by atoms with E-state index >= 15 is 8.78 Å². The Morgan fingerprint density at radius 2 is 1.89 bits per heavy atom. The van der Waals surface area contributed by atoms with E-state index < -0.39 is 59.8 Å². The number of amides is 1. The number of thiazole rings is 1. The quantitative estimate of drug-likeness (QED) is 0.172. The summed E-state index contributed by atoms with van der Waals surface area (Å²) in [6, 6.07) is 9.17. The molecule has 15 heteroatoms. The van der Waals surface area contributed by atoms with Crippen LogP contribution in [0, 0.1) is 17.6 Å². The van der Waals surface area contributed by atoms with Gasteiger partial charge in [0.25, 0.3) is 12.3 Å². The Hall–Kier alpha value is -4.79. The Morgan fingerprint density at radius 3 is 2.65 bits per heavy atom. The van der Waals surface area contributed by atoms with E-state index in [2.05, 4.69) is 25.6 Å². The lowest BCUT2D eigenvalue weighted by molar-refractivity contribution is -0.123. The maximum Gasteiger partial charge on any atom is 0.292 e. The molecule has 2 unspecified atom stereocenters. The first-order chi connectivity index (χ1) is 22.0. The van der Waals surface area contributed by atoms with E-state index in [-0.39, 0.29) is 24.0 Å². The molecule has 0 bridgehead atoms. The summed E-state index contributed by atoms with van der Waals surface area (Å²) < 4.78 is 87.9. The van der Waals surface area contributed by atoms with Gasteiger partial charge in [0.2, 0.25) is 5.91 Å². The number of nitrogens with zero attached hydrogens (tertiary/aromatic N) is 5. The Labute approximate surface area is 260 Å². The molecule has 7 rings (SSSR count). The number of hydrogen-bond acceptors (Lipinski definition) is 6. The minimum absolute atomic E-state index is 0.157. The average molecular weight is 656 g/mol. The predicted molar refractivity (Wildman–Crippen MR) is 157 cm³/mol. The van der Waals surface area contributed by atoms with Crippen molar-refractivity contribution in [2.75, 3.05) is 0 Å². The van der Waals surface area contributed by atoms with Crippen LogP contribution in [-0.4, -0.2) is 35.9 Å². The number of fused-ring (bicyclic) bond motifs is 3. The summed E-state index contributed by atoms with van der Waals surface area (Å²) in [5.74, 6) is -7.26. The number of H-pyrrole nitrogens is 1. The van der Waals surface area contributed by atoms with Crippen LogP contribution in [0.2, 0.25) is 0 Å². The Bertz CT molecular complexity index is 2100. The normalized spacial score (nSPS) is 16.4. The highest BCUT2D eigenvalue weighted by atomic mass is 32.1. The van der Waals surface area contributed by atoms with Gasteiger partial charge in [0.1, 0.15) is 35.1 Å². The third-order valence-electron chi connectivity index (χ3n) is 8.15. The number of halogens is 6. The number of pyridine rings is 1. The lowest BCUT2D eigenvalue weighted by Crippen LogP contribution is -2.35. The van der Waals surface area contributed by atoms with Crippen molar-refractivity contribution in [2.45, 2.75) is 44.7 Å². The molecule has 4 heterocycles. The fraction of sp³-hybridized carbons (Fsp3) is 0.258. The van der Waals surface area contributed by atoms with E-state index in [1.165, 1.54) is 24.5 Å². The van der Waals surface area contributed by atoms with E-state index in [0.29, 0.717) is 44.1 Å². The molecule has 2 N–H and O–H groups in total. The van der Waals surface area contributed by atoms with Crippen LogP contribution < -0.4 is 5.32 Å². The van der Waals surface area contributed by atoms with Crippen molar-refractivity contribution in [3.05, 3.63) is 94.0 Å². The maximum atomic E-state index is 15.1. The number of aromatic amines is 1. The smallest absolute Gasteiger partial charge is 0.292 e. The standard InChI is InChI=1S/C31H23F6N7OS/c1-14-4-20-28(30(34)35)43-44(29(20)31(14,36)37)12-26(45)40-23(7-15-5-17(32)9-18(33)6-15)27-19(10-21-24(41-27)11-39-42-21)16-2-3-25-22(8-16)38-13-46-25/h2-3,5-6,8-11,13-14,23,30H,4,7,12H2,1H3,(H,39,42)(H,40,45). The maximum absolute atomic E-state index is 15.1. The van der Waals surface area contributed by atoms with Crippen LogP contribution >= 0.6 is 11.3 Å². The van der Waals surface area contributed by atoms with Crippen LogP contribution in [-0.2, 0) is 30.1 Å². The van der Waals surface area contributed by atoms with E-state index in [1.54, 1.807) is 11.6 Å².